The minimum Gasteiger partial charge on any atom is -0.276 e. The Morgan fingerprint density at radius 1 is 1.78 bits per heavy atom. The molecule has 1 aromatic heterocycles. The van der Waals surface area contributed by atoms with Gasteiger partial charge in [0.1, 0.15) is 0 Å². The molecule has 0 saturated carbocycles. The zero-order chi connectivity index (χ0) is 6.85. The summed E-state index contributed by atoms with van der Waals surface area (Å²) >= 11 is 3.42. The number of halogens is 1. The Morgan fingerprint density at radius 2 is 2.44 bits per heavy atom. The van der Waals surface area contributed by atoms with Gasteiger partial charge in [-0.1, -0.05) is 15.9 Å². The summed E-state index contributed by atoms with van der Waals surface area (Å²) in [6.07, 6.45) is 1.94. The number of aromatic nitrogens is 2. The van der Waals surface area contributed by atoms with Gasteiger partial charge >= 0.3 is 0 Å². The minimum atomic E-state index is 0.360. The molecule has 0 fully saturated rings. The van der Waals surface area contributed by atoms with Crippen molar-refractivity contribution in [1.29, 1.82) is 0 Å². The van der Waals surface area contributed by atoms with E-state index in [1.165, 1.54) is 0 Å². The number of nitrogens with zero attached hydrogens (tertiary/aromatic N) is 2. The van der Waals surface area contributed by atoms with E-state index in [-0.39, 0.29) is 0 Å². The Morgan fingerprint density at radius 3 is 2.67 bits per heavy atom. The highest BCUT2D eigenvalue weighted by atomic mass is 79.9. The first-order valence-electron chi connectivity index (χ1n) is 2.84. The van der Waals surface area contributed by atoms with Crippen molar-refractivity contribution in [3.63, 3.8) is 0 Å². The van der Waals surface area contributed by atoms with Crippen LogP contribution in [0.25, 0.3) is 0 Å². The van der Waals surface area contributed by atoms with Crippen molar-refractivity contribution in [2.24, 2.45) is 7.05 Å². The normalized spacial score (nSPS) is 13.7. The van der Waals surface area contributed by atoms with E-state index in [9.17, 15) is 0 Å². The molecule has 1 aromatic rings. The molecule has 1 unspecified atom stereocenters. The first-order chi connectivity index (χ1) is 4.20. The molecule has 2 nitrogen and oxygen atoms in total. The van der Waals surface area contributed by atoms with Crippen LogP contribution in [0.15, 0.2) is 12.3 Å². The standard InChI is InChI=1S/C6H9BrN2/c1-5(7)6-3-4-9(2)8-6/h3-5H,1-2H3. The van der Waals surface area contributed by atoms with Crippen LogP contribution in [0.5, 0.6) is 0 Å². The summed E-state index contributed by atoms with van der Waals surface area (Å²) in [7, 11) is 1.92. The van der Waals surface area contributed by atoms with E-state index in [1.807, 2.05) is 19.3 Å². The molecule has 1 rings (SSSR count). The molecule has 0 radical (unpaired) electrons. The fourth-order valence-corrected chi connectivity index (χ4v) is 0.889. The SMILES string of the molecule is CC(Br)c1ccn(C)n1. The Balaban J connectivity index is 2.85. The lowest BCUT2D eigenvalue weighted by molar-refractivity contribution is 0.745. The van der Waals surface area contributed by atoms with Crippen LogP contribution in [0.1, 0.15) is 17.4 Å². The maximum absolute atomic E-state index is 4.18. The molecule has 0 N–H and O–H groups in total. The van der Waals surface area contributed by atoms with Crippen LogP contribution < -0.4 is 0 Å². The zero-order valence-electron chi connectivity index (χ0n) is 5.50. The quantitative estimate of drug-likeness (QED) is 0.616. The summed E-state index contributed by atoms with van der Waals surface area (Å²) in [4.78, 5) is 0.360. The van der Waals surface area contributed by atoms with Gasteiger partial charge in [-0.05, 0) is 13.0 Å². The molecule has 0 saturated heterocycles. The van der Waals surface area contributed by atoms with Gasteiger partial charge < -0.3 is 0 Å². The molecular formula is C6H9BrN2. The van der Waals surface area contributed by atoms with Crippen molar-refractivity contribution >= 4 is 15.9 Å². The highest BCUT2D eigenvalue weighted by Gasteiger charge is 2.01. The largest absolute Gasteiger partial charge is 0.276 e. The van der Waals surface area contributed by atoms with Gasteiger partial charge in [-0.3, -0.25) is 4.68 Å². The van der Waals surface area contributed by atoms with Gasteiger partial charge in [0.25, 0.3) is 0 Å². The average Bonchev–Trinajstić information content (AvgIpc) is 2.14. The molecular weight excluding hydrogens is 180 g/mol. The molecule has 0 amide bonds. The highest BCUT2D eigenvalue weighted by Crippen LogP contribution is 2.18. The summed E-state index contributed by atoms with van der Waals surface area (Å²) < 4.78 is 1.80. The van der Waals surface area contributed by atoms with Gasteiger partial charge in [0, 0.05) is 13.2 Å². The molecule has 0 aliphatic rings. The summed E-state index contributed by atoms with van der Waals surface area (Å²) in [5.74, 6) is 0. The third-order valence-electron chi connectivity index (χ3n) is 1.14. The number of hydrogen-bond donors (Lipinski definition) is 0. The van der Waals surface area contributed by atoms with Crippen LogP contribution in [0, 0.1) is 0 Å². The van der Waals surface area contributed by atoms with Crippen molar-refractivity contribution in [1.82, 2.24) is 9.78 Å². The summed E-state index contributed by atoms with van der Waals surface area (Å²) in [6.45, 7) is 2.06. The lowest BCUT2D eigenvalue weighted by Crippen LogP contribution is -1.90. The van der Waals surface area contributed by atoms with Gasteiger partial charge in [0.2, 0.25) is 0 Å². The maximum atomic E-state index is 4.18. The molecule has 1 atom stereocenters. The summed E-state index contributed by atoms with van der Waals surface area (Å²) in [5, 5.41) is 4.18. The number of rotatable bonds is 1. The van der Waals surface area contributed by atoms with E-state index < -0.39 is 0 Å². The van der Waals surface area contributed by atoms with Crippen LogP contribution in [0.4, 0.5) is 0 Å². The predicted molar refractivity (Wildman–Crippen MR) is 40.6 cm³/mol. The van der Waals surface area contributed by atoms with Crippen LogP contribution in [0.2, 0.25) is 0 Å². The van der Waals surface area contributed by atoms with E-state index in [4.69, 9.17) is 0 Å². The van der Waals surface area contributed by atoms with Gasteiger partial charge in [0.05, 0.1) is 10.5 Å². The van der Waals surface area contributed by atoms with Crippen LogP contribution >= 0.6 is 15.9 Å². The van der Waals surface area contributed by atoms with Crippen molar-refractivity contribution in [2.45, 2.75) is 11.8 Å². The van der Waals surface area contributed by atoms with E-state index in [1.54, 1.807) is 4.68 Å². The Labute approximate surface area is 63.0 Å². The third kappa shape index (κ3) is 1.55. The first-order valence-corrected chi connectivity index (χ1v) is 3.75. The van der Waals surface area contributed by atoms with Crippen molar-refractivity contribution in [2.75, 3.05) is 0 Å². The molecule has 50 valence electrons. The second kappa shape index (κ2) is 2.52. The molecule has 0 bridgehead atoms. The highest BCUT2D eigenvalue weighted by molar-refractivity contribution is 9.09. The monoisotopic (exact) mass is 188 g/mol. The third-order valence-corrected chi connectivity index (χ3v) is 1.61. The number of aryl methyl sites for hydroxylation is 1. The fourth-order valence-electron chi connectivity index (χ4n) is 0.645. The van der Waals surface area contributed by atoms with E-state index in [0.717, 1.165) is 5.69 Å². The molecule has 3 heteroatoms. The lowest BCUT2D eigenvalue weighted by Gasteiger charge is -1.93. The topological polar surface area (TPSA) is 17.8 Å². The van der Waals surface area contributed by atoms with Crippen molar-refractivity contribution < 1.29 is 0 Å². The van der Waals surface area contributed by atoms with Crippen LogP contribution in [-0.4, -0.2) is 9.78 Å². The second-order valence-corrected chi connectivity index (χ2v) is 3.40. The molecule has 0 aromatic carbocycles. The van der Waals surface area contributed by atoms with Gasteiger partial charge in [-0.25, -0.2) is 0 Å². The zero-order valence-corrected chi connectivity index (χ0v) is 7.09. The van der Waals surface area contributed by atoms with Crippen LogP contribution in [-0.2, 0) is 7.05 Å². The summed E-state index contributed by atoms with van der Waals surface area (Å²) in [6, 6.07) is 2.00. The van der Waals surface area contributed by atoms with E-state index >= 15 is 0 Å². The Bertz CT molecular complexity index is 193. The minimum absolute atomic E-state index is 0.360. The molecule has 0 spiro atoms. The molecule has 0 aliphatic heterocycles. The smallest absolute Gasteiger partial charge is 0.0758 e. The second-order valence-electron chi connectivity index (χ2n) is 2.03. The number of alkyl halides is 1. The van der Waals surface area contributed by atoms with Gasteiger partial charge in [-0.15, -0.1) is 0 Å². The van der Waals surface area contributed by atoms with Gasteiger partial charge in [0.15, 0.2) is 0 Å². The lowest BCUT2D eigenvalue weighted by atomic mass is 10.3. The van der Waals surface area contributed by atoms with Crippen LogP contribution in [0.3, 0.4) is 0 Å². The Hall–Kier alpha value is -0.310. The molecule has 1 heterocycles. The fraction of sp³-hybridized carbons (Fsp3) is 0.500. The Kier molecular flexibility index (Phi) is 1.90. The summed E-state index contributed by atoms with van der Waals surface area (Å²) in [5.41, 5.74) is 1.08. The number of hydrogen-bond acceptors (Lipinski definition) is 1. The molecule has 9 heavy (non-hydrogen) atoms. The van der Waals surface area contributed by atoms with E-state index in [0.29, 0.717) is 4.83 Å². The first kappa shape index (κ1) is 6.81. The van der Waals surface area contributed by atoms with E-state index in [2.05, 4.69) is 28.0 Å². The average molecular weight is 189 g/mol. The van der Waals surface area contributed by atoms with Crippen molar-refractivity contribution in [3.8, 4) is 0 Å². The molecule has 0 aliphatic carbocycles. The maximum Gasteiger partial charge on any atom is 0.0758 e. The van der Waals surface area contributed by atoms with Gasteiger partial charge in [-0.2, -0.15) is 5.10 Å². The van der Waals surface area contributed by atoms with Crippen molar-refractivity contribution in [3.05, 3.63) is 18.0 Å². The predicted octanol–water partition coefficient (Wildman–Crippen LogP) is 1.88.